The molecule has 0 spiro atoms. The third-order valence-corrected chi connectivity index (χ3v) is 5.32. The van der Waals surface area contributed by atoms with Crippen LogP contribution in [0.3, 0.4) is 0 Å². The van der Waals surface area contributed by atoms with E-state index in [9.17, 15) is 10.1 Å². The minimum Gasteiger partial charge on any atom is -0.489 e. The molecule has 0 unspecified atom stereocenters. The normalized spacial score (nSPS) is 13.5. The number of carbonyl (C=O) groups is 1. The molecule has 0 radical (unpaired) electrons. The highest BCUT2D eigenvalue weighted by molar-refractivity contribution is 6.32. The molecule has 158 valence electrons. The fraction of sp³-hybridized carbons (Fsp3) is 0.391. The highest BCUT2D eigenvalue weighted by Gasteiger charge is 2.17. The second kappa shape index (κ2) is 9.73. The average Bonchev–Trinajstić information content (AvgIpc) is 2.90. The zero-order valence-electron chi connectivity index (χ0n) is 17.5. The first-order chi connectivity index (χ1) is 14.4. The lowest BCUT2D eigenvalue weighted by molar-refractivity contribution is -0.117. The number of nitrogens with one attached hydrogen (secondary N) is 1. The van der Waals surface area contributed by atoms with E-state index in [1.165, 1.54) is 0 Å². The Hall–Kier alpha value is -2.91. The van der Waals surface area contributed by atoms with Crippen LogP contribution in [0.15, 0.2) is 23.8 Å². The van der Waals surface area contributed by atoms with Gasteiger partial charge in [-0.25, -0.2) is 0 Å². The number of carbonyl (C=O) groups excluding carboxylic acids is 1. The number of amides is 1. The van der Waals surface area contributed by atoms with Gasteiger partial charge in [0, 0.05) is 30.9 Å². The van der Waals surface area contributed by atoms with Crippen LogP contribution in [-0.2, 0) is 17.9 Å². The Bertz CT molecular complexity index is 1020. The van der Waals surface area contributed by atoms with Crippen LogP contribution in [0, 0.1) is 25.2 Å². The summed E-state index contributed by atoms with van der Waals surface area (Å²) in [4.78, 5) is 12.6. The van der Waals surface area contributed by atoms with Crippen molar-refractivity contribution < 1.29 is 14.3 Å². The summed E-state index contributed by atoms with van der Waals surface area (Å²) >= 11 is 6.31. The van der Waals surface area contributed by atoms with Crippen LogP contribution in [-0.4, -0.2) is 23.7 Å². The molecule has 0 bridgehead atoms. The van der Waals surface area contributed by atoms with Crippen LogP contribution in [0.25, 0.3) is 6.08 Å². The van der Waals surface area contributed by atoms with Gasteiger partial charge in [-0.1, -0.05) is 18.5 Å². The van der Waals surface area contributed by atoms with Crippen molar-refractivity contribution in [3.05, 3.63) is 51.3 Å². The van der Waals surface area contributed by atoms with E-state index in [2.05, 4.69) is 16.8 Å². The highest BCUT2D eigenvalue weighted by Crippen LogP contribution is 2.38. The molecule has 0 atom stereocenters. The van der Waals surface area contributed by atoms with Gasteiger partial charge in [0.05, 0.1) is 18.2 Å². The first-order valence-corrected chi connectivity index (χ1v) is 10.5. The molecule has 0 fully saturated rings. The molecule has 2 aromatic rings. The molecular weight excluding hydrogens is 402 g/mol. The van der Waals surface area contributed by atoms with E-state index < -0.39 is 5.91 Å². The number of fused-ring (bicyclic) bond motifs is 1. The maximum Gasteiger partial charge on any atom is 0.262 e. The third-order valence-electron chi connectivity index (χ3n) is 5.04. The van der Waals surface area contributed by atoms with Gasteiger partial charge in [0.15, 0.2) is 11.5 Å². The molecule has 1 amide bonds. The van der Waals surface area contributed by atoms with Crippen molar-refractivity contribution >= 4 is 23.6 Å². The lowest BCUT2D eigenvalue weighted by atomic mass is 10.1. The summed E-state index contributed by atoms with van der Waals surface area (Å²) in [5.74, 6) is 0.675. The molecule has 1 aliphatic heterocycles. The maximum atomic E-state index is 12.6. The molecule has 6 nitrogen and oxygen atoms in total. The van der Waals surface area contributed by atoms with Gasteiger partial charge in [-0.2, -0.15) is 5.26 Å². The van der Waals surface area contributed by atoms with Crippen molar-refractivity contribution in [2.45, 2.75) is 46.7 Å². The molecular formula is C23H26ClN3O3. The number of hydrogen-bond donors (Lipinski definition) is 1. The van der Waals surface area contributed by atoms with E-state index >= 15 is 0 Å². The standard InChI is InChI=1S/C23H26ClN3O3/c1-4-6-27-15(2)9-18(16(27)3)12-19(13-25)23(28)26-14-17-10-20(24)22-21(11-17)29-7-5-8-30-22/h9-12H,4-8,14H2,1-3H3,(H,26,28)/b19-12+. The molecule has 2 heterocycles. The van der Waals surface area contributed by atoms with Gasteiger partial charge in [-0.3, -0.25) is 4.79 Å². The molecule has 0 saturated carbocycles. The van der Waals surface area contributed by atoms with E-state index in [1.807, 2.05) is 26.0 Å². The SMILES string of the molecule is CCCn1c(C)cc(/C=C(\C#N)C(=O)NCc2cc(Cl)c3c(c2)OCCCO3)c1C. The van der Waals surface area contributed by atoms with Gasteiger partial charge in [-0.15, -0.1) is 0 Å². The highest BCUT2D eigenvalue weighted by atomic mass is 35.5. The van der Waals surface area contributed by atoms with Gasteiger partial charge < -0.3 is 19.4 Å². The molecule has 1 aromatic heterocycles. The number of aryl methyl sites for hydroxylation is 1. The Balaban J connectivity index is 1.75. The summed E-state index contributed by atoms with van der Waals surface area (Å²) in [5, 5.41) is 12.8. The van der Waals surface area contributed by atoms with Gasteiger partial charge >= 0.3 is 0 Å². The Morgan fingerprint density at radius 2 is 2.07 bits per heavy atom. The summed E-state index contributed by atoms with van der Waals surface area (Å²) < 4.78 is 13.5. The topological polar surface area (TPSA) is 76.3 Å². The van der Waals surface area contributed by atoms with Crippen molar-refractivity contribution in [1.29, 1.82) is 5.26 Å². The predicted molar refractivity (Wildman–Crippen MR) is 117 cm³/mol. The summed E-state index contributed by atoms with van der Waals surface area (Å²) in [7, 11) is 0. The number of ether oxygens (including phenoxy) is 2. The Kier molecular flexibility index (Phi) is 7.07. The Morgan fingerprint density at radius 1 is 1.30 bits per heavy atom. The summed E-state index contributed by atoms with van der Waals surface area (Å²) in [5.41, 5.74) is 3.87. The molecule has 30 heavy (non-hydrogen) atoms. The molecule has 0 saturated heterocycles. The zero-order valence-corrected chi connectivity index (χ0v) is 18.3. The lowest BCUT2D eigenvalue weighted by Crippen LogP contribution is -2.24. The van der Waals surface area contributed by atoms with Crippen LogP contribution < -0.4 is 14.8 Å². The van der Waals surface area contributed by atoms with Crippen molar-refractivity contribution in [2.75, 3.05) is 13.2 Å². The number of hydrogen-bond acceptors (Lipinski definition) is 4. The number of nitriles is 1. The van der Waals surface area contributed by atoms with Crippen molar-refractivity contribution in [3.8, 4) is 17.6 Å². The van der Waals surface area contributed by atoms with Crippen LogP contribution in [0.5, 0.6) is 11.5 Å². The van der Waals surface area contributed by atoms with E-state index in [-0.39, 0.29) is 12.1 Å². The first kappa shape index (κ1) is 21.8. The number of nitrogens with zero attached hydrogens (tertiary/aromatic N) is 2. The Labute approximate surface area is 182 Å². The van der Waals surface area contributed by atoms with Crippen LogP contribution >= 0.6 is 11.6 Å². The fourth-order valence-electron chi connectivity index (χ4n) is 3.51. The van der Waals surface area contributed by atoms with Gasteiger partial charge in [0.2, 0.25) is 0 Å². The van der Waals surface area contributed by atoms with Crippen LogP contribution in [0.1, 0.15) is 42.3 Å². The minimum absolute atomic E-state index is 0.0622. The van der Waals surface area contributed by atoms with Crippen molar-refractivity contribution in [1.82, 2.24) is 9.88 Å². The molecule has 0 aliphatic carbocycles. The number of rotatable bonds is 6. The van der Waals surface area contributed by atoms with Gasteiger partial charge in [-0.05, 0) is 55.7 Å². The molecule has 3 rings (SSSR count). The number of benzene rings is 1. The van der Waals surface area contributed by atoms with Crippen LogP contribution in [0.4, 0.5) is 0 Å². The average molecular weight is 428 g/mol. The van der Waals surface area contributed by atoms with E-state index in [1.54, 1.807) is 18.2 Å². The number of aromatic nitrogens is 1. The van der Waals surface area contributed by atoms with Gasteiger partial charge in [0.25, 0.3) is 5.91 Å². The second-order valence-electron chi connectivity index (χ2n) is 7.29. The molecule has 1 aliphatic rings. The summed E-state index contributed by atoms with van der Waals surface area (Å²) in [6.45, 7) is 8.39. The zero-order chi connectivity index (χ0) is 21.7. The summed E-state index contributed by atoms with van der Waals surface area (Å²) in [6, 6.07) is 7.56. The van der Waals surface area contributed by atoms with Crippen LogP contribution in [0.2, 0.25) is 5.02 Å². The lowest BCUT2D eigenvalue weighted by Gasteiger charge is -2.12. The fourth-order valence-corrected chi connectivity index (χ4v) is 3.80. The monoisotopic (exact) mass is 427 g/mol. The van der Waals surface area contributed by atoms with Crippen molar-refractivity contribution in [3.63, 3.8) is 0 Å². The van der Waals surface area contributed by atoms with Gasteiger partial charge in [0.1, 0.15) is 11.6 Å². The molecule has 1 aromatic carbocycles. The Morgan fingerprint density at radius 3 is 2.80 bits per heavy atom. The minimum atomic E-state index is -0.430. The quantitative estimate of drug-likeness (QED) is 0.541. The molecule has 7 heteroatoms. The second-order valence-corrected chi connectivity index (χ2v) is 7.69. The smallest absolute Gasteiger partial charge is 0.262 e. The third kappa shape index (κ3) is 4.80. The largest absolute Gasteiger partial charge is 0.489 e. The van der Waals surface area contributed by atoms with Crippen molar-refractivity contribution in [2.24, 2.45) is 0 Å². The number of halogens is 1. The van der Waals surface area contributed by atoms with E-state index in [4.69, 9.17) is 21.1 Å². The molecule has 1 N–H and O–H groups in total. The van der Waals surface area contributed by atoms with E-state index in [0.717, 1.165) is 41.9 Å². The summed E-state index contributed by atoms with van der Waals surface area (Å²) in [6.07, 6.45) is 3.44. The first-order valence-electron chi connectivity index (χ1n) is 10.1. The maximum absolute atomic E-state index is 12.6. The predicted octanol–water partition coefficient (Wildman–Crippen LogP) is 4.55. The van der Waals surface area contributed by atoms with E-state index in [0.29, 0.717) is 29.7 Å².